The number of likely N-dealkylation sites (N-methyl/N-ethyl adjacent to an activating group) is 2. The van der Waals surface area contributed by atoms with Gasteiger partial charge in [0.1, 0.15) is 25.3 Å². The summed E-state index contributed by atoms with van der Waals surface area (Å²) in [5, 5.41) is 19.7. The van der Waals surface area contributed by atoms with Crippen LogP contribution < -0.4 is 37.6 Å². The van der Waals surface area contributed by atoms with Crippen LogP contribution in [0.4, 0.5) is 25.8 Å². The van der Waals surface area contributed by atoms with E-state index in [-0.39, 0.29) is 75.9 Å². The van der Waals surface area contributed by atoms with Gasteiger partial charge in [0, 0.05) is 94.9 Å². The summed E-state index contributed by atoms with van der Waals surface area (Å²) < 4.78 is 10.9. The topological polar surface area (TPSA) is 276 Å². The molecule has 0 radical (unpaired) electrons. The Kier molecular flexibility index (Phi) is 21.5. The van der Waals surface area contributed by atoms with Crippen molar-refractivity contribution in [3.05, 3.63) is 90.5 Å². The minimum Gasteiger partial charge on any atom is -0.448 e. The number of carbonyl (C=O) groups is 8. The average molecular weight is 994 g/mol. The van der Waals surface area contributed by atoms with Gasteiger partial charge in [-0.2, -0.15) is 0 Å². The smallest absolute Gasteiger partial charge is 0.409 e. The Labute approximate surface area is 418 Å². The number of para-hydroxylation sites is 2. The first-order chi connectivity index (χ1) is 34.6. The van der Waals surface area contributed by atoms with Gasteiger partial charge in [-0.3, -0.25) is 28.9 Å². The molecule has 0 spiro atoms. The van der Waals surface area contributed by atoms with E-state index < -0.39 is 42.1 Å². The van der Waals surface area contributed by atoms with Gasteiger partial charge in [0.15, 0.2) is 0 Å². The quantitative estimate of drug-likeness (QED) is 0.0239. The highest BCUT2D eigenvalue weighted by Crippen LogP contribution is 2.30. The van der Waals surface area contributed by atoms with Crippen molar-refractivity contribution in [2.24, 2.45) is 11.7 Å². The number of pyridine rings is 1. The normalized spacial score (nSPS) is 12.9. The summed E-state index contributed by atoms with van der Waals surface area (Å²) in [6, 6.07) is 19.8. The minimum absolute atomic E-state index is 0.0697. The van der Waals surface area contributed by atoms with Crippen LogP contribution in [-0.4, -0.2) is 146 Å². The number of benzene rings is 3. The van der Waals surface area contributed by atoms with Gasteiger partial charge in [-0.05, 0) is 61.4 Å². The van der Waals surface area contributed by atoms with E-state index >= 15 is 0 Å². The van der Waals surface area contributed by atoms with Crippen molar-refractivity contribution in [3.8, 4) is 0 Å². The lowest BCUT2D eigenvalue weighted by Crippen LogP contribution is -2.54. The number of hydrogen-bond donors (Lipinski definition) is 7. The molecule has 0 bridgehead atoms. The van der Waals surface area contributed by atoms with Gasteiger partial charge in [0.05, 0.1) is 16.7 Å². The fourth-order valence-corrected chi connectivity index (χ4v) is 7.62. The maximum Gasteiger partial charge on any atom is 0.409 e. The summed E-state index contributed by atoms with van der Waals surface area (Å²) >= 11 is 0. The van der Waals surface area contributed by atoms with E-state index in [9.17, 15) is 38.4 Å². The predicted molar refractivity (Wildman–Crippen MR) is 272 cm³/mol. The molecule has 0 aliphatic carbocycles. The van der Waals surface area contributed by atoms with Crippen LogP contribution in [-0.2, 0) is 40.1 Å². The third kappa shape index (κ3) is 17.2. The van der Waals surface area contributed by atoms with Crippen molar-refractivity contribution in [2.75, 3.05) is 77.1 Å². The van der Waals surface area contributed by atoms with Crippen molar-refractivity contribution >= 4 is 80.9 Å². The number of urea groups is 1. The summed E-state index contributed by atoms with van der Waals surface area (Å²) in [6.07, 6.45) is 3.44. The van der Waals surface area contributed by atoms with Gasteiger partial charge >= 0.3 is 18.2 Å². The molecule has 1 aromatic heterocycles. The van der Waals surface area contributed by atoms with Gasteiger partial charge in [0.25, 0.3) is 11.8 Å². The van der Waals surface area contributed by atoms with Crippen LogP contribution in [0.2, 0.25) is 0 Å². The third-order valence-electron chi connectivity index (χ3n) is 11.7. The highest BCUT2D eigenvalue weighted by atomic mass is 16.6. The van der Waals surface area contributed by atoms with Gasteiger partial charge in [-0.15, -0.1) is 0 Å². The number of fused-ring (bicyclic) bond motifs is 2. The molecule has 21 heteroatoms. The lowest BCUT2D eigenvalue weighted by molar-refractivity contribution is -0.137. The van der Waals surface area contributed by atoms with Crippen molar-refractivity contribution in [3.63, 3.8) is 0 Å². The van der Waals surface area contributed by atoms with Crippen molar-refractivity contribution < 1.29 is 47.8 Å². The largest absolute Gasteiger partial charge is 0.448 e. The zero-order valence-corrected chi connectivity index (χ0v) is 41.4. The van der Waals surface area contributed by atoms with Crippen LogP contribution in [0.25, 0.3) is 21.8 Å². The number of nitrogens with one attached hydrogen (secondary N) is 6. The molecule has 386 valence electrons. The number of ether oxygens (including phenoxy) is 2. The zero-order valence-electron chi connectivity index (χ0n) is 41.4. The Bertz CT molecular complexity index is 2480. The highest BCUT2D eigenvalue weighted by Gasteiger charge is 2.29. The first kappa shape index (κ1) is 55.1. The van der Waals surface area contributed by atoms with E-state index in [1.54, 1.807) is 52.2 Å². The first-order valence-corrected chi connectivity index (χ1v) is 24.2. The van der Waals surface area contributed by atoms with E-state index in [1.165, 1.54) is 22.0 Å². The van der Waals surface area contributed by atoms with Gasteiger partial charge < -0.3 is 56.9 Å². The molecule has 8 N–H and O–H groups in total. The number of amides is 9. The molecule has 4 aromatic rings. The number of nitrogens with zero attached hydrogens (tertiary/aromatic N) is 4. The Hall–Kier alpha value is -7.81. The van der Waals surface area contributed by atoms with Gasteiger partial charge in [-0.25, -0.2) is 19.4 Å². The summed E-state index contributed by atoms with van der Waals surface area (Å²) in [5.41, 5.74) is 9.08. The molecule has 3 aromatic carbocycles. The monoisotopic (exact) mass is 994 g/mol. The molecular formula is C51H67N11O10. The van der Waals surface area contributed by atoms with Gasteiger partial charge in [0.2, 0.25) is 17.7 Å². The Balaban J connectivity index is 0.988. The summed E-state index contributed by atoms with van der Waals surface area (Å²) in [7, 11) is 3.14. The molecule has 0 saturated heterocycles. The number of nitrogens with two attached hydrogens (primary N) is 1. The number of carbonyl (C=O) groups excluding carboxylic acids is 8. The summed E-state index contributed by atoms with van der Waals surface area (Å²) in [6.45, 7) is 6.16. The second-order valence-electron chi connectivity index (χ2n) is 17.7. The summed E-state index contributed by atoms with van der Waals surface area (Å²) in [4.78, 5) is 109. The standard InChI is InChI=1S/C51H67N11O10/c1-34(2)45(59-42(63)18-6-5-11-29-62-43(64)23-24-44(62)65)48(67)58-41(17-12-25-55-49(52)68)47(66)56-36-21-19-35(20-22-36)33-72-51(70)61(4)31-30-60(3)50(69)71-32-28-53-26-27-54-46-37-13-7-9-15-39(37)57-40-16-10-8-14-38(40)46/h7-10,13-16,19-24,34,41,45,53H,5-6,11-12,17-18,25-33H2,1-4H3,(H,54,57)(H,56,66)(H,58,67)(H,59,63)(H3,52,55,68)/t41-,45-/m0/s1. The van der Waals surface area contributed by atoms with Gasteiger partial charge in [-0.1, -0.05) is 68.8 Å². The molecule has 1 aliphatic heterocycles. The molecule has 21 nitrogen and oxygen atoms in total. The third-order valence-corrected chi connectivity index (χ3v) is 11.7. The molecule has 2 atom stereocenters. The molecular weight excluding hydrogens is 927 g/mol. The Morgan fingerprint density at radius 3 is 1.96 bits per heavy atom. The number of aromatic nitrogens is 1. The Morgan fingerprint density at radius 2 is 1.33 bits per heavy atom. The molecule has 2 heterocycles. The Morgan fingerprint density at radius 1 is 0.708 bits per heavy atom. The zero-order chi connectivity index (χ0) is 52.0. The van der Waals surface area contributed by atoms with Crippen LogP contribution in [0.3, 0.4) is 0 Å². The number of imide groups is 1. The average Bonchev–Trinajstić information content (AvgIpc) is 3.69. The van der Waals surface area contributed by atoms with E-state index in [2.05, 4.69) is 31.9 Å². The van der Waals surface area contributed by atoms with Crippen LogP contribution in [0.1, 0.15) is 57.9 Å². The van der Waals surface area contributed by atoms with E-state index in [0.717, 1.165) is 32.4 Å². The lowest BCUT2D eigenvalue weighted by atomic mass is 10.0. The van der Waals surface area contributed by atoms with E-state index in [1.807, 2.05) is 48.5 Å². The fourth-order valence-electron chi connectivity index (χ4n) is 7.62. The molecule has 72 heavy (non-hydrogen) atoms. The maximum atomic E-state index is 13.6. The summed E-state index contributed by atoms with van der Waals surface area (Å²) in [5.74, 6) is -2.52. The highest BCUT2D eigenvalue weighted by molar-refractivity contribution is 6.13. The van der Waals surface area contributed by atoms with Crippen molar-refractivity contribution in [2.45, 2.75) is 71.1 Å². The number of unbranched alkanes of at least 4 members (excludes halogenated alkanes) is 2. The SMILES string of the molecule is CC(C)[C@H](NC(=O)CCCCCN1C(=O)C=CC1=O)C(=O)N[C@@H](CCCNC(N)=O)C(=O)Nc1ccc(COC(=O)N(C)CCN(C)C(=O)OCCNCCNc2c3ccccc3nc3ccccc23)cc1. The van der Waals surface area contributed by atoms with E-state index in [4.69, 9.17) is 20.2 Å². The maximum absolute atomic E-state index is 13.6. The minimum atomic E-state index is -1.05. The molecule has 0 unspecified atom stereocenters. The van der Waals surface area contributed by atoms with Crippen LogP contribution >= 0.6 is 0 Å². The predicted octanol–water partition coefficient (Wildman–Crippen LogP) is 4.22. The van der Waals surface area contributed by atoms with E-state index in [0.29, 0.717) is 56.6 Å². The first-order valence-electron chi connectivity index (χ1n) is 24.2. The van der Waals surface area contributed by atoms with Crippen molar-refractivity contribution in [1.29, 1.82) is 0 Å². The molecule has 9 amide bonds. The molecule has 0 fully saturated rings. The fraction of sp³-hybridized carbons (Fsp3) is 0.431. The number of hydrogen-bond acceptors (Lipinski definition) is 13. The number of anilines is 2. The molecule has 0 saturated carbocycles. The number of primary amides is 1. The number of rotatable bonds is 28. The molecule has 1 aliphatic rings. The second kappa shape index (κ2) is 28.1. The van der Waals surface area contributed by atoms with Crippen LogP contribution in [0.15, 0.2) is 84.9 Å². The molecule has 5 rings (SSSR count). The second-order valence-corrected chi connectivity index (χ2v) is 17.7. The van der Waals surface area contributed by atoms with Crippen LogP contribution in [0.5, 0.6) is 0 Å². The lowest BCUT2D eigenvalue weighted by Gasteiger charge is -2.25. The van der Waals surface area contributed by atoms with Crippen molar-refractivity contribution in [1.82, 2.24) is 41.0 Å². The van der Waals surface area contributed by atoms with Crippen LogP contribution in [0, 0.1) is 5.92 Å².